The fourth-order valence-corrected chi connectivity index (χ4v) is 0.893. The fraction of sp³-hybridized carbons (Fsp3) is 0.800. The van der Waals surface area contributed by atoms with Crippen LogP contribution in [0.1, 0.15) is 12.8 Å². The molecule has 1 amide bonds. The van der Waals surface area contributed by atoms with Crippen LogP contribution in [0.4, 0.5) is 0 Å². The van der Waals surface area contributed by atoms with Crippen molar-refractivity contribution in [2.75, 3.05) is 13.6 Å². The predicted molar refractivity (Wildman–Crippen MR) is 28.7 cm³/mol. The molecule has 1 saturated heterocycles. The van der Waals surface area contributed by atoms with E-state index in [4.69, 9.17) is 0 Å². The minimum atomic E-state index is -0.653. The smallest absolute Gasteiger partial charge is 0.313 e. The van der Waals surface area contributed by atoms with E-state index in [1.165, 1.54) is 7.05 Å². The number of carbonyl (C=O) groups is 1. The lowest BCUT2D eigenvalue weighted by Gasteiger charge is -2.29. The maximum Gasteiger partial charge on any atom is 0.313 e. The van der Waals surface area contributed by atoms with E-state index < -0.39 is 4.65 Å². The summed E-state index contributed by atoms with van der Waals surface area (Å²) >= 11 is 0. The Morgan fingerprint density at radius 2 is 2.38 bits per heavy atom. The molecular formula is C5H9NO2. The van der Waals surface area contributed by atoms with Crippen LogP contribution >= 0.6 is 0 Å². The van der Waals surface area contributed by atoms with Crippen LogP contribution in [0.5, 0.6) is 0 Å². The van der Waals surface area contributed by atoms with Gasteiger partial charge in [-0.25, -0.2) is 4.79 Å². The summed E-state index contributed by atoms with van der Waals surface area (Å²) in [5.74, 6) is -0.176. The number of carbonyl (C=O) groups excluding carboxylic acids is 1. The average Bonchev–Trinajstić information content (AvgIpc) is 1.86. The number of hydrogen-bond acceptors (Lipinski definition) is 2. The molecule has 0 aromatic heterocycles. The second-order valence-electron chi connectivity index (χ2n) is 2.32. The van der Waals surface area contributed by atoms with Gasteiger partial charge < -0.3 is 9.85 Å². The number of nitrogens with zero attached hydrogens (tertiary/aromatic N) is 1. The Hall–Kier alpha value is -0.410. The Bertz CT molecular complexity index is 120. The van der Waals surface area contributed by atoms with E-state index in [1.54, 1.807) is 0 Å². The van der Waals surface area contributed by atoms with Crippen LogP contribution in [0.2, 0.25) is 0 Å². The Morgan fingerprint density at radius 3 is 2.50 bits per heavy atom. The number of likely N-dealkylation sites (tertiary alicyclic amines) is 1. The maximum atomic E-state index is 10.8. The number of hydroxylamine groups is 3. The maximum absolute atomic E-state index is 10.8. The third kappa shape index (κ3) is 0.743. The van der Waals surface area contributed by atoms with E-state index >= 15 is 0 Å². The summed E-state index contributed by atoms with van der Waals surface area (Å²) in [5.41, 5.74) is 0. The number of quaternary nitrogens is 1. The highest BCUT2D eigenvalue weighted by atomic mass is 16.6. The van der Waals surface area contributed by atoms with Gasteiger partial charge in [0.1, 0.15) is 0 Å². The van der Waals surface area contributed by atoms with E-state index in [9.17, 15) is 10.0 Å². The summed E-state index contributed by atoms with van der Waals surface area (Å²) in [6.45, 7) is 0.471. The van der Waals surface area contributed by atoms with Crippen LogP contribution in [0.15, 0.2) is 0 Å². The third-order valence-electron chi connectivity index (χ3n) is 1.50. The van der Waals surface area contributed by atoms with Crippen molar-refractivity contribution in [2.24, 2.45) is 0 Å². The number of rotatable bonds is 0. The Labute approximate surface area is 48.1 Å². The van der Waals surface area contributed by atoms with E-state index in [2.05, 4.69) is 0 Å². The first-order valence-electron chi connectivity index (χ1n) is 2.73. The lowest BCUT2D eigenvalue weighted by atomic mass is 10.4. The van der Waals surface area contributed by atoms with Crippen molar-refractivity contribution < 1.29 is 9.44 Å². The molecule has 1 atom stereocenters. The van der Waals surface area contributed by atoms with Crippen molar-refractivity contribution >= 4 is 5.91 Å². The van der Waals surface area contributed by atoms with Gasteiger partial charge in [0, 0.05) is 6.42 Å². The molecule has 0 radical (unpaired) electrons. The standard InChI is InChI=1S/C5H9NO2/c1-6(8)4-2-3-5(6)7/h2-4H2,1H3. The topological polar surface area (TPSA) is 40.1 Å². The first-order valence-corrected chi connectivity index (χ1v) is 2.73. The van der Waals surface area contributed by atoms with Crippen molar-refractivity contribution in [1.29, 1.82) is 0 Å². The molecule has 0 aromatic carbocycles. The van der Waals surface area contributed by atoms with Gasteiger partial charge in [0.15, 0.2) is 0 Å². The molecule has 3 nitrogen and oxygen atoms in total. The molecule has 0 aromatic rings. The zero-order chi connectivity index (χ0) is 6.20. The van der Waals surface area contributed by atoms with Gasteiger partial charge in [-0.1, -0.05) is 0 Å². The minimum absolute atomic E-state index is 0.176. The summed E-state index contributed by atoms with van der Waals surface area (Å²) in [5, 5.41) is 10.8. The van der Waals surface area contributed by atoms with Gasteiger partial charge in [-0.2, -0.15) is 0 Å². The van der Waals surface area contributed by atoms with E-state index in [0.717, 1.165) is 6.42 Å². The van der Waals surface area contributed by atoms with Gasteiger partial charge in [-0.05, 0) is 0 Å². The monoisotopic (exact) mass is 115 g/mol. The molecule has 0 aliphatic carbocycles. The SMILES string of the molecule is C[N+]1([O-])CCCC1=O. The van der Waals surface area contributed by atoms with Gasteiger partial charge >= 0.3 is 5.91 Å². The van der Waals surface area contributed by atoms with Gasteiger partial charge in [-0.15, -0.1) is 0 Å². The van der Waals surface area contributed by atoms with Crippen LogP contribution < -0.4 is 0 Å². The summed E-state index contributed by atoms with van der Waals surface area (Å²) in [6.07, 6.45) is 1.23. The zero-order valence-electron chi connectivity index (χ0n) is 4.89. The van der Waals surface area contributed by atoms with Crippen molar-refractivity contribution in [2.45, 2.75) is 12.8 Å². The molecule has 1 aliphatic heterocycles. The van der Waals surface area contributed by atoms with Crippen LogP contribution in [-0.2, 0) is 4.79 Å². The molecular weight excluding hydrogens is 106 g/mol. The normalized spacial score (nSPS) is 38.5. The van der Waals surface area contributed by atoms with Crippen molar-refractivity contribution in [1.82, 2.24) is 0 Å². The molecule has 1 fully saturated rings. The zero-order valence-corrected chi connectivity index (χ0v) is 4.89. The summed E-state index contributed by atoms with van der Waals surface area (Å²) in [7, 11) is 1.41. The van der Waals surface area contributed by atoms with Gasteiger partial charge in [0.2, 0.25) is 0 Å². The first-order chi connectivity index (χ1) is 3.63. The largest absolute Gasteiger partial charge is 0.625 e. The molecule has 1 heterocycles. The second kappa shape index (κ2) is 1.53. The molecule has 46 valence electrons. The van der Waals surface area contributed by atoms with E-state index in [-0.39, 0.29) is 5.91 Å². The first kappa shape index (κ1) is 5.72. The minimum Gasteiger partial charge on any atom is -0.625 e. The summed E-state index contributed by atoms with van der Waals surface area (Å²) < 4.78 is -0.653. The summed E-state index contributed by atoms with van der Waals surface area (Å²) in [6, 6.07) is 0. The second-order valence-corrected chi connectivity index (χ2v) is 2.32. The lowest BCUT2D eigenvalue weighted by Crippen LogP contribution is -2.37. The Kier molecular flexibility index (Phi) is 1.10. The van der Waals surface area contributed by atoms with Crippen molar-refractivity contribution in [3.8, 4) is 0 Å². The quantitative estimate of drug-likeness (QED) is 0.335. The molecule has 0 saturated carbocycles. The molecule has 0 bridgehead atoms. The molecule has 1 aliphatic rings. The van der Waals surface area contributed by atoms with E-state index in [1.807, 2.05) is 0 Å². The highest BCUT2D eigenvalue weighted by molar-refractivity contribution is 5.70. The van der Waals surface area contributed by atoms with Gasteiger partial charge in [0.05, 0.1) is 20.0 Å². The Morgan fingerprint density at radius 1 is 1.75 bits per heavy atom. The van der Waals surface area contributed by atoms with Crippen LogP contribution in [0.3, 0.4) is 0 Å². The molecule has 0 spiro atoms. The molecule has 0 N–H and O–H groups in total. The Balaban J connectivity index is 2.68. The molecule has 8 heavy (non-hydrogen) atoms. The molecule has 3 heteroatoms. The lowest BCUT2D eigenvalue weighted by molar-refractivity contribution is -0.773. The van der Waals surface area contributed by atoms with Crippen LogP contribution in [-0.4, -0.2) is 24.1 Å². The van der Waals surface area contributed by atoms with Crippen molar-refractivity contribution in [3.05, 3.63) is 5.21 Å². The number of hydrogen-bond donors (Lipinski definition) is 0. The average molecular weight is 115 g/mol. The van der Waals surface area contributed by atoms with Crippen LogP contribution in [0.25, 0.3) is 0 Å². The van der Waals surface area contributed by atoms with Gasteiger partial charge in [0.25, 0.3) is 0 Å². The van der Waals surface area contributed by atoms with Gasteiger partial charge in [-0.3, -0.25) is 0 Å². The third-order valence-corrected chi connectivity index (χ3v) is 1.50. The predicted octanol–water partition coefficient (Wildman–Crippen LogP) is 0.251. The van der Waals surface area contributed by atoms with Crippen molar-refractivity contribution in [3.63, 3.8) is 0 Å². The molecule has 1 rings (SSSR count). The molecule has 1 unspecified atom stereocenters. The van der Waals surface area contributed by atoms with Crippen LogP contribution in [0, 0.1) is 5.21 Å². The highest BCUT2D eigenvalue weighted by Gasteiger charge is 2.27. The number of amides is 1. The summed E-state index contributed by atoms with van der Waals surface area (Å²) in [4.78, 5) is 10.6. The van der Waals surface area contributed by atoms with E-state index in [0.29, 0.717) is 13.0 Å². The highest BCUT2D eigenvalue weighted by Crippen LogP contribution is 2.14. The fourth-order valence-electron chi connectivity index (χ4n) is 0.893.